The van der Waals surface area contributed by atoms with Gasteiger partial charge in [-0.05, 0) is 42.5 Å². The summed E-state index contributed by atoms with van der Waals surface area (Å²) >= 11 is 5.90. The van der Waals surface area contributed by atoms with Crippen LogP contribution in [0.15, 0.2) is 53.1 Å². The SMILES string of the molecule is O=C(c1cccc(OC(F)F)c1)N1CCN(Cc2nc(-c3ccc(Cl)cc3)no2)CC1. The Morgan fingerprint density at radius 2 is 1.87 bits per heavy atom. The third-order valence-corrected chi connectivity index (χ3v) is 5.15. The molecule has 2 heterocycles. The second-order valence-electron chi connectivity index (χ2n) is 6.99. The van der Waals surface area contributed by atoms with E-state index in [2.05, 4.69) is 19.8 Å². The lowest BCUT2D eigenvalue weighted by Gasteiger charge is -2.34. The summed E-state index contributed by atoms with van der Waals surface area (Å²) in [5, 5.41) is 4.64. The number of rotatable bonds is 6. The fourth-order valence-corrected chi connectivity index (χ4v) is 3.45. The van der Waals surface area contributed by atoms with E-state index in [4.69, 9.17) is 16.1 Å². The third-order valence-electron chi connectivity index (χ3n) is 4.90. The van der Waals surface area contributed by atoms with Crippen LogP contribution in [0, 0.1) is 0 Å². The molecule has 1 saturated heterocycles. The largest absolute Gasteiger partial charge is 0.435 e. The molecule has 10 heteroatoms. The fraction of sp³-hybridized carbons (Fsp3) is 0.286. The zero-order valence-electron chi connectivity index (χ0n) is 16.4. The molecule has 1 fully saturated rings. The molecule has 0 unspecified atom stereocenters. The van der Waals surface area contributed by atoms with Gasteiger partial charge in [0.15, 0.2) is 0 Å². The summed E-state index contributed by atoms with van der Waals surface area (Å²) in [7, 11) is 0. The van der Waals surface area contributed by atoms with Crippen LogP contribution in [0.3, 0.4) is 0 Å². The minimum absolute atomic E-state index is 0.0348. The first-order chi connectivity index (χ1) is 15.0. The number of benzene rings is 2. The molecule has 1 amide bonds. The number of piperazine rings is 1. The molecule has 1 aliphatic rings. The van der Waals surface area contributed by atoms with E-state index in [-0.39, 0.29) is 11.7 Å². The number of amides is 1. The maximum Gasteiger partial charge on any atom is 0.387 e. The van der Waals surface area contributed by atoms with Gasteiger partial charge in [-0.3, -0.25) is 9.69 Å². The van der Waals surface area contributed by atoms with Crippen molar-refractivity contribution >= 4 is 17.5 Å². The number of ether oxygens (including phenoxy) is 1. The zero-order valence-corrected chi connectivity index (χ0v) is 17.1. The molecule has 0 radical (unpaired) electrons. The Kier molecular flexibility index (Phi) is 6.43. The molecule has 7 nitrogen and oxygen atoms in total. The number of hydrogen-bond donors (Lipinski definition) is 0. The van der Waals surface area contributed by atoms with Gasteiger partial charge in [-0.2, -0.15) is 13.8 Å². The fourth-order valence-electron chi connectivity index (χ4n) is 3.32. The zero-order chi connectivity index (χ0) is 21.8. The molecule has 3 aromatic rings. The molecule has 0 aliphatic carbocycles. The highest BCUT2D eigenvalue weighted by Gasteiger charge is 2.24. The quantitative estimate of drug-likeness (QED) is 0.568. The number of halogens is 3. The van der Waals surface area contributed by atoms with Gasteiger partial charge in [0.1, 0.15) is 5.75 Å². The molecule has 1 aromatic heterocycles. The second-order valence-corrected chi connectivity index (χ2v) is 7.43. The van der Waals surface area contributed by atoms with Crippen molar-refractivity contribution in [3.63, 3.8) is 0 Å². The first-order valence-electron chi connectivity index (χ1n) is 9.63. The monoisotopic (exact) mass is 448 g/mol. The van der Waals surface area contributed by atoms with Crippen LogP contribution in [-0.2, 0) is 6.54 Å². The smallest absolute Gasteiger partial charge is 0.387 e. The summed E-state index contributed by atoms with van der Waals surface area (Å²) < 4.78 is 34.5. The average molecular weight is 449 g/mol. The van der Waals surface area contributed by atoms with Crippen molar-refractivity contribution in [1.82, 2.24) is 19.9 Å². The Balaban J connectivity index is 1.32. The molecule has 0 saturated carbocycles. The summed E-state index contributed by atoms with van der Waals surface area (Å²) in [6, 6.07) is 13.0. The first kappa shape index (κ1) is 21.2. The van der Waals surface area contributed by atoms with Gasteiger partial charge in [0.05, 0.1) is 6.54 Å². The number of carbonyl (C=O) groups excluding carboxylic acids is 1. The van der Waals surface area contributed by atoms with Crippen LogP contribution >= 0.6 is 11.6 Å². The van der Waals surface area contributed by atoms with E-state index in [0.29, 0.717) is 55.0 Å². The highest BCUT2D eigenvalue weighted by molar-refractivity contribution is 6.30. The molecule has 31 heavy (non-hydrogen) atoms. The Morgan fingerprint density at radius 1 is 1.13 bits per heavy atom. The van der Waals surface area contributed by atoms with Crippen molar-refractivity contribution in [3.8, 4) is 17.1 Å². The highest BCUT2D eigenvalue weighted by atomic mass is 35.5. The Labute approximate surface area is 182 Å². The molecule has 0 bridgehead atoms. The van der Waals surface area contributed by atoms with E-state index < -0.39 is 6.61 Å². The second kappa shape index (κ2) is 9.40. The van der Waals surface area contributed by atoms with Crippen LogP contribution in [0.25, 0.3) is 11.4 Å². The molecule has 4 rings (SSSR count). The molecular weight excluding hydrogens is 430 g/mol. The molecule has 162 valence electrons. The van der Waals surface area contributed by atoms with Crippen LogP contribution < -0.4 is 4.74 Å². The first-order valence-corrected chi connectivity index (χ1v) is 10.0. The minimum atomic E-state index is -2.93. The van der Waals surface area contributed by atoms with Crippen LogP contribution in [0.4, 0.5) is 8.78 Å². The number of aromatic nitrogens is 2. The summed E-state index contributed by atoms with van der Waals surface area (Å²) in [5.41, 5.74) is 1.13. The topological polar surface area (TPSA) is 71.7 Å². The van der Waals surface area contributed by atoms with E-state index in [0.717, 1.165) is 5.56 Å². The predicted octanol–water partition coefficient (Wildman–Crippen LogP) is 3.95. The minimum Gasteiger partial charge on any atom is -0.435 e. The number of alkyl halides is 2. The van der Waals surface area contributed by atoms with Gasteiger partial charge in [-0.1, -0.05) is 22.8 Å². The van der Waals surface area contributed by atoms with Gasteiger partial charge in [0.2, 0.25) is 11.7 Å². The number of carbonyl (C=O) groups is 1. The van der Waals surface area contributed by atoms with E-state index in [1.54, 1.807) is 23.1 Å². The third kappa shape index (κ3) is 5.36. The van der Waals surface area contributed by atoms with E-state index in [9.17, 15) is 13.6 Å². The Morgan fingerprint density at radius 3 is 2.58 bits per heavy atom. The molecule has 0 spiro atoms. The van der Waals surface area contributed by atoms with Crippen LogP contribution in [0.2, 0.25) is 5.02 Å². The van der Waals surface area contributed by atoms with Crippen LogP contribution in [-0.4, -0.2) is 58.6 Å². The molecule has 2 aromatic carbocycles. The van der Waals surface area contributed by atoms with Gasteiger partial charge in [0, 0.05) is 42.3 Å². The lowest BCUT2D eigenvalue weighted by atomic mass is 10.1. The van der Waals surface area contributed by atoms with Gasteiger partial charge in [-0.25, -0.2) is 0 Å². The highest BCUT2D eigenvalue weighted by Crippen LogP contribution is 2.20. The summed E-state index contributed by atoms with van der Waals surface area (Å²) in [6.07, 6.45) is 0. The Hall–Kier alpha value is -3.04. The molecule has 0 atom stereocenters. The maximum atomic E-state index is 12.7. The average Bonchev–Trinajstić information content (AvgIpc) is 3.22. The van der Waals surface area contributed by atoms with Crippen molar-refractivity contribution < 1.29 is 22.8 Å². The molecule has 0 N–H and O–H groups in total. The lowest BCUT2D eigenvalue weighted by Crippen LogP contribution is -2.48. The summed E-state index contributed by atoms with van der Waals surface area (Å²) in [5.74, 6) is 0.725. The summed E-state index contributed by atoms with van der Waals surface area (Å²) in [6.45, 7) is -0.220. The van der Waals surface area contributed by atoms with Crippen molar-refractivity contribution in [2.45, 2.75) is 13.2 Å². The van der Waals surface area contributed by atoms with Gasteiger partial charge >= 0.3 is 6.61 Å². The van der Waals surface area contributed by atoms with Crippen molar-refractivity contribution in [3.05, 3.63) is 65.0 Å². The van der Waals surface area contributed by atoms with E-state index in [1.807, 2.05) is 12.1 Å². The van der Waals surface area contributed by atoms with E-state index >= 15 is 0 Å². The maximum absolute atomic E-state index is 12.7. The van der Waals surface area contributed by atoms with Gasteiger partial charge in [-0.15, -0.1) is 0 Å². The van der Waals surface area contributed by atoms with Gasteiger partial charge < -0.3 is 14.2 Å². The normalized spacial score (nSPS) is 14.8. The van der Waals surface area contributed by atoms with Crippen molar-refractivity contribution in [1.29, 1.82) is 0 Å². The van der Waals surface area contributed by atoms with Crippen molar-refractivity contribution in [2.75, 3.05) is 26.2 Å². The van der Waals surface area contributed by atoms with Crippen molar-refractivity contribution in [2.24, 2.45) is 0 Å². The Bertz CT molecular complexity index is 1040. The number of nitrogens with zero attached hydrogens (tertiary/aromatic N) is 4. The predicted molar refractivity (Wildman–Crippen MR) is 109 cm³/mol. The standard InChI is InChI=1S/C21H19ClF2N4O3/c22-16-6-4-14(5-7-16)19-25-18(31-26-19)13-27-8-10-28(11-9-27)20(29)15-2-1-3-17(12-15)30-21(23)24/h1-7,12,21H,8-11,13H2. The summed E-state index contributed by atoms with van der Waals surface area (Å²) in [4.78, 5) is 20.9. The van der Waals surface area contributed by atoms with Gasteiger partial charge in [0.25, 0.3) is 5.91 Å². The van der Waals surface area contributed by atoms with Crippen LogP contribution in [0.1, 0.15) is 16.2 Å². The molecule has 1 aliphatic heterocycles. The molecular formula is C21H19ClF2N4O3. The lowest BCUT2D eigenvalue weighted by molar-refractivity contribution is -0.0499. The number of hydrogen-bond acceptors (Lipinski definition) is 6. The van der Waals surface area contributed by atoms with E-state index in [1.165, 1.54) is 18.2 Å². The van der Waals surface area contributed by atoms with Crippen LogP contribution in [0.5, 0.6) is 5.75 Å².